The maximum atomic E-state index is 2.63. The standard InChI is InChI=1S/C36H36N2/c1-2-29-34(22-24-10-9-11-24)38(28-14-7-4-8-15-28)32-20-21-33-36(35(29)32)30-23-26-17-16-25(26)18-19-31(30)37(33)27-12-5-3-6-13-27/h3-7,12-14,20-23,25H,2,8-11,15-19H2,1H3. The van der Waals surface area contributed by atoms with Crippen LogP contribution in [0.1, 0.15) is 80.8 Å². The Hall–Kier alpha value is -3.52. The van der Waals surface area contributed by atoms with Crippen molar-refractivity contribution in [3.8, 4) is 5.69 Å². The van der Waals surface area contributed by atoms with Crippen LogP contribution in [0.5, 0.6) is 0 Å². The van der Waals surface area contributed by atoms with E-state index < -0.39 is 0 Å². The summed E-state index contributed by atoms with van der Waals surface area (Å²) in [5.41, 5.74) is 14.8. The van der Waals surface area contributed by atoms with Crippen LogP contribution in [0, 0.1) is 5.92 Å². The molecule has 1 unspecified atom stereocenters. The highest BCUT2D eigenvalue weighted by Crippen LogP contribution is 2.47. The van der Waals surface area contributed by atoms with Gasteiger partial charge in [0.2, 0.25) is 0 Å². The highest BCUT2D eigenvalue weighted by molar-refractivity contribution is 6.15. The Morgan fingerprint density at radius 3 is 2.37 bits per heavy atom. The van der Waals surface area contributed by atoms with Crippen LogP contribution in [0.2, 0.25) is 0 Å². The zero-order valence-corrected chi connectivity index (χ0v) is 22.5. The molecule has 0 radical (unpaired) electrons. The van der Waals surface area contributed by atoms with Crippen molar-refractivity contribution in [2.24, 2.45) is 5.92 Å². The maximum Gasteiger partial charge on any atom is 0.0545 e. The molecule has 0 aliphatic heterocycles. The molecule has 190 valence electrons. The summed E-state index contributed by atoms with van der Waals surface area (Å²) in [6.45, 7) is 2.36. The molecule has 2 aromatic carbocycles. The molecule has 0 saturated heterocycles. The second-order valence-electron chi connectivity index (χ2n) is 11.7. The van der Waals surface area contributed by atoms with E-state index in [2.05, 4.69) is 88.9 Å². The molecule has 0 amide bonds. The predicted octanol–water partition coefficient (Wildman–Crippen LogP) is 9.65. The zero-order valence-electron chi connectivity index (χ0n) is 22.5. The van der Waals surface area contributed by atoms with Crippen molar-refractivity contribution in [1.82, 2.24) is 9.13 Å². The number of hydrogen-bond donors (Lipinski definition) is 0. The third kappa shape index (κ3) is 3.25. The van der Waals surface area contributed by atoms with Gasteiger partial charge in [-0.15, -0.1) is 0 Å². The van der Waals surface area contributed by atoms with Crippen LogP contribution in [0.3, 0.4) is 0 Å². The van der Waals surface area contributed by atoms with E-state index in [1.54, 1.807) is 11.1 Å². The Morgan fingerprint density at radius 1 is 0.868 bits per heavy atom. The lowest BCUT2D eigenvalue weighted by molar-refractivity contribution is 0.419. The van der Waals surface area contributed by atoms with E-state index in [9.17, 15) is 0 Å². The number of aromatic nitrogens is 2. The first kappa shape index (κ1) is 22.5. The average Bonchev–Trinajstić information content (AvgIpc) is 3.36. The third-order valence-corrected chi connectivity index (χ3v) is 9.69. The van der Waals surface area contributed by atoms with Crippen molar-refractivity contribution in [2.75, 3.05) is 0 Å². The highest BCUT2D eigenvalue weighted by Gasteiger charge is 2.31. The quantitative estimate of drug-likeness (QED) is 0.266. The fourth-order valence-electron chi connectivity index (χ4n) is 7.45. The number of rotatable bonds is 4. The molecule has 0 N–H and O–H groups in total. The SMILES string of the molecule is CCc1c(C=C2CCC2)n(C2=CC=CCC2)c2ccc3c(c4c(n3-c3ccccc3)CCC3CCC3=C4)c12. The number of aryl methyl sites for hydroxylation is 1. The van der Waals surface area contributed by atoms with Gasteiger partial charge in [0.15, 0.2) is 0 Å². The second-order valence-corrected chi connectivity index (χ2v) is 11.7. The van der Waals surface area contributed by atoms with Gasteiger partial charge in [-0.25, -0.2) is 0 Å². The predicted molar refractivity (Wildman–Crippen MR) is 162 cm³/mol. The van der Waals surface area contributed by atoms with Gasteiger partial charge in [0.25, 0.3) is 0 Å². The highest BCUT2D eigenvalue weighted by atomic mass is 15.0. The fourth-order valence-corrected chi connectivity index (χ4v) is 7.45. The molecule has 38 heavy (non-hydrogen) atoms. The Labute approximate surface area is 225 Å². The first-order valence-electron chi connectivity index (χ1n) is 14.9. The van der Waals surface area contributed by atoms with Gasteiger partial charge in [-0.3, -0.25) is 0 Å². The third-order valence-electron chi connectivity index (χ3n) is 9.69. The largest absolute Gasteiger partial charge is 0.313 e. The normalized spacial score (nSPS) is 20.3. The molecule has 1 atom stereocenters. The number of para-hydroxylation sites is 1. The minimum atomic E-state index is 0.786. The van der Waals surface area contributed by atoms with E-state index in [1.807, 2.05) is 0 Å². The summed E-state index contributed by atoms with van der Waals surface area (Å²) in [5, 5.41) is 2.98. The van der Waals surface area contributed by atoms with E-state index >= 15 is 0 Å². The van der Waals surface area contributed by atoms with Crippen molar-refractivity contribution < 1.29 is 0 Å². The van der Waals surface area contributed by atoms with Gasteiger partial charge in [0.1, 0.15) is 0 Å². The maximum absolute atomic E-state index is 2.63. The van der Waals surface area contributed by atoms with E-state index in [1.165, 1.54) is 94.2 Å². The van der Waals surface area contributed by atoms with Crippen molar-refractivity contribution in [2.45, 2.75) is 71.1 Å². The van der Waals surface area contributed by atoms with E-state index in [0.717, 1.165) is 31.6 Å². The van der Waals surface area contributed by atoms with Crippen LogP contribution in [0.15, 0.2) is 71.8 Å². The fraction of sp³-hybridized carbons (Fsp3) is 0.333. The molecule has 2 nitrogen and oxygen atoms in total. The molecule has 8 rings (SSSR count). The van der Waals surface area contributed by atoms with Crippen LogP contribution in [0.4, 0.5) is 0 Å². The van der Waals surface area contributed by atoms with Crippen molar-refractivity contribution in [3.63, 3.8) is 0 Å². The molecule has 0 bridgehead atoms. The molecule has 4 aliphatic carbocycles. The van der Waals surface area contributed by atoms with Gasteiger partial charge in [0.05, 0.1) is 11.0 Å². The topological polar surface area (TPSA) is 9.86 Å². The molecule has 2 heteroatoms. The number of benzene rings is 2. The second kappa shape index (κ2) is 8.76. The zero-order chi connectivity index (χ0) is 25.2. The Balaban J connectivity index is 1.52. The minimum Gasteiger partial charge on any atom is -0.313 e. The summed E-state index contributed by atoms with van der Waals surface area (Å²) in [5.74, 6) is 0.786. The van der Waals surface area contributed by atoms with Crippen molar-refractivity contribution in [1.29, 1.82) is 0 Å². The summed E-state index contributed by atoms with van der Waals surface area (Å²) in [4.78, 5) is 0. The lowest BCUT2D eigenvalue weighted by Gasteiger charge is -2.28. The lowest BCUT2D eigenvalue weighted by Crippen LogP contribution is -2.15. The van der Waals surface area contributed by atoms with E-state index in [4.69, 9.17) is 0 Å². The van der Waals surface area contributed by atoms with Gasteiger partial charge in [-0.1, -0.05) is 54.5 Å². The van der Waals surface area contributed by atoms with E-state index in [0.29, 0.717) is 0 Å². The van der Waals surface area contributed by atoms with Gasteiger partial charge in [0, 0.05) is 39.1 Å². The molecular formula is C36H36N2. The smallest absolute Gasteiger partial charge is 0.0545 e. The first-order valence-corrected chi connectivity index (χ1v) is 14.9. The molecule has 0 spiro atoms. The Morgan fingerprint density at radius 2 is 1.68 bits per heavy atom. The van der Waals surface area contributed by atoms with Gasteiger partial charge < -0.3 is 9.13 Å². The summed E-state index contributed by atoms with van der Waals surface area (Å²) in [7, 11) is 0. The number of hydrogen-bond acceptors (Lipinski definition) is 0. The van der Waals surface area contributed by atoms with Crippen LogP contribution < -0.4 is 0 Å². The molecule has 4 aromatic rings. The van der Waals surface area contributed by atoms with Crippen LogP contribution >= 0.6 is 0 Å². The molecule has 2 fully saturated rings. The van der Waals surface area contributed by atoms with Crippen molar-refractivity contribution >= 4 is 39.7 Å². The van der Waals surface area contributed by atoms with Crippen LogP contribution in [-0.2, 0) is 12.8 Å². The summed E-state index contributed by atoms with van der Waals surface area (Å²) in [6.07, 6.45) is 24.3. The first-order chi connectivity index (χ1) is 18.8. The summed E-state index contributed by atoms with van der Waals surface area (Å²) >= 11 is 0. The average molecular weight is 497 g/mol. The molecule has 4 aliphatic rings. The molecule has 2 heterocycles. The molecule has 2 aromatic heterocycles. The van der Waals surface area contributed by atoms with Gasteiger partial charge in [-0.05, 0) is 112 Å². The Kier molecular flexibility index (Phi) is 5.18. The van der Waals surface area contributed by atoms with Crippen LogP contribution in [-0.4, -0.2) is 9.13 Å². The molecule has 2 saturated carbocycles. The van der Waals surface area contributed by atoms with Gasteiger partial charge in [-0.2, -0.15) is 0 Å². The molecular weight excluding hydrogens is 460 g/mol. The summed E-state index contributed by atoms with van der Waals surface area (Å²) in [6, 6.07) is 15.9. The monoisotopic (exact) mass is 496 g/mol. The number of fused-ring (bicyclic) bond motifs is 6. The lowest BCUT2D eigenvalue weighted by atomic mass is 9.77. The summed E-state index contributed by atoms with van der Waals surface area (Å²) < 4.78 is 5.22. The Bertz CT molecular complexity index is 1710. The van der Waals surface area contributed by atoms with Crippen molar-refractivity contribution in [3.05, 3.63) is 94.4 Å². The minimum absolute atomic E-state index is 0.786. The number of nitrogens with zero attached hydrogens (tertiary/aromatic N) is 2. The van der Waals surface area contributed by atoms with E-state index in [-0.39, 0.29) is 0 Å². The van der Waals surface area contributed by atoms with Crippen LogP contribution in [0.25, 0.3) is 45.3 Å². The van der Waals surface area contributed by atoms with Gasteiger partial charge >= 0.3 is 0 Å². The number of allylic oxidation sites excluding steroid dienone is 6.